The van der Waals surface area contributed by atoms with E-state index in [9.17, 15) is 26.9 Å². The van der Waals surface area contributed by atoms with Crippen molar-refractivity contribution in [3.63, 3.8) is 0 Å². The molecule has 1 aromatic carbocycles. The summed E-state index contributed by atoms with van der Waals surface area (Å²) in [6.07, 6.45) is 0. The van der Waals surface area contributed by atoms with Crippen molar-refractivity contribution < 1.29 is 37.1 Å². The molecular weight excluding hydrogens is 261 g/mol. The number of nitrogens with two attached hydrogens (primary N) is 1. The molecule has 0 atom stereocenters. The molecule has 0 aromatic heterocycles. The Morgan fingerprint density at radius 3 is 1.44 bits per heavy atom. The standard InChI is InChI=1S/C8H7NO4.BF4/c9-6-2-4(7(10)11)1-5(3-6)8(12)13;2-1(3,4)5/h1-3H,9H2,(H,10,11)(H,12,13);/q;-1. The molecule has 0 bridgehead atoms. The van der Waals surface area contributed by atoms with Crippen molar-refractivity contribution in [1.82, 2.24) is 0 Å². The van der Waals surface area contributed by atoms with Gasteiger partial charge in [0.15, 0.2) is 0 Å². The maximum atomic E-state index is 10.5. The van der Waals surface area contributed by atoms with E-state index in [0.717, 1.165) is 6.07 Å². The summed E-state index contributed by atoms with van der Waals surface area (Å²) in [5, 5.41) is 17.1. The summed E-state index contributed by atoms with van der Waals surface area (Å²) in [5.74, 6) is -2.40. The highest BCUT2D eigenvalue weighted by Crippen LogP contribution is 2.12. The molecule has 0 unspecified atom stereocenters. The van der Waals surface area contributed by atoms with Crippen LogP contribution in [0.1, 0.15) is 20.7 Å². The lowest BCUT2D eigenvalue weighted by Crippen LogP contribution is -2.03. The van der Waals surface area contributed by atoms with E-state index < -0.39 is 19.2 Å². The third-order valence-electron chi connectivity index (χ3n) is 1.45. The Morgan fingerprint density at radius 2 is 1.22 bits per heavy atom. The van der Waals surface area contributed by atoms with E-state index >= 15 is 0 Å². The fourth-order valence-corrected chi connectivity index (χ4v) is 0.899. The predicted octanol–water partition coefficient (Wildman–Crippen LogP) is 1.97. The highest BCUT2D eigenvalue weighted by Gasteiger charge is 2.20. The molecule has 5 nitrogen and oxygen atoms in total. The van der Waals surface area contributed by atoms with Crippen molar-refractivity contribution in [2.45, 2.75) is 0 Å². The van der Waals surface area contributed by atoms with Gasteiger partial charge in [-0.2, -0.15) is 0 Å². The van der Waals surface area contributed by atoms with Gasteiger partial charge in [-0.05, 0) is 18.2 Å². The average molecular weight is 268 g/mol. The van der Waals surface area contributed by atoms with Crippen LogP contribution in [0.4, 0.5) is 23.0 Å². The van der Waals surface area contributed by atoms with Crippen LogP contribution in [0.25, 0.3) is 0 Å². The van der Waals surface area contributed by atoms with Crippen LogP contribution < -0.4 is 5.73 Å². The number of nitrogen functional groups attached to an aromatic ring is 1. The van der Waals surface area contributed by atoms with Crippen molar-refractivity contribution in [3.05, 3.63) is 29.3 Å². The molecule has 0 saturated heterocycles. The SMILES string of the molecule is F[B-](F)(F)F.Nc1cc(C(=O)O)cc(C(=O)O)c1. The van der Waals surface area contributed by atoms with E-state index in [1.807, 2.05) is 0 Å². The van der Waals surface area contributed by atoms with Crippen molar-refractivity contribution in [1.29, 1.82) is 0 Å². The number of carboxylic acid groups (broad SMARTS) is 2. The zero-order valence-corrected chi connectivity index (χ0v) is 8.61. The molecule has 18 heavy (non-hydrogen) atoms. The first-order valence-corrected chi connectivity index (χ1v) is 4.25. The van der Waals surface area contributed by atoms with Crippen molar-refractivity contribution >= 4 is 24.9 Å². The molecule has 0 heterocycles. The van der Waals surface area contributed by atoms with Gasteiger partial charge in [-0.1, -0.05) is 0 Å². The molecule has 1 aromatic rings. The van der Waals surface area contributed by atoms with Crippen molar-refractivity contribution in [2.75, 3.05) is 5.73 Å². The van der Waals surface area contributed by atoms with Gasteiger partial charge in [0.1, 0.15) is 0 Å². The van der Waals surface area contributed by atoms with Crippen LogP contribution in [-0.4, -0.2) is 29.4 Å². The molecule has 0 radical (unpaired) electrons. The van der Waals surface area contributed by atoms with Gasteiger partial charge < -0.3 is 33.2 Å². The molecule has 0 spiro atoms. The normalized spacial score (nSPS) is 10.2. The number of carboxylic acids is 2. The Labute approximate surface area is 97.9 Å². The number of carbonyl (C=O) groups is 2. The maximum absolute atomic E-state index is 10.5. The van der Waals surface area contributed by atoms with E-state index in [-0.39, 0.29) is 16.8 Å². The molecule has 0 fully saturated rings. The fourth-order valence-electron chi connectivity index (χ4n) is 0.899. The number of benzene rings is 1. The molecule has 100 valence electrons. The van der Waals surface area contributed by atoms with Gasteiger partial charge in [0.2, 0.25) is 0 Å². The summed E-state index contributed by atoms with van der Waals surface area (Å²) < 4.78 is 39.0. The van der Waals surface area contributed by atoms with Crippen LogP contribution >= 0.6 is 0 Å². The molecule has 4 N–H and O–H groups in total. The molecule has 0 amide bonds. The van der Waals surface area contributed by atoms with Gasteiger partial charge >= 0.3 is 19.2 Å². The van der Waals surface area contributed by atoms with Gasteiger partial charge in [0.25, 0.3) is 0 Å². The summed E-state index contributed by atoms with van der Waals surface area (Å²) in [6, 6.07) is 3.46. The van der Waals surface area contributed by atoms with Gasteiger partial charge in [-0.3, -0.25) is 0 Å². The van der Waals surface area contributed by atoms with Gasteiger partial charge in [0, 0.05) is 5.69 Å². The zero-order chi connectivity index (χ0) is 14.5. The zero-order valence-electron chi connectivity index (χ0n) is 8.61. The highest BCUT2D eigenvalue weighted by atomic mass is 19.5. The number of hydrogen-bond donors (Lipinski definition) is 3. The molecule has 0 aliphatic carbocycles. The number of halogens is 4. The van der Waals surface area contributed by atoms with E-state index in [1.165, 1.54) is 12.1 Å². The topological polar surface area (TPSA) is 101 Å². The minimum atomic E-state index is -6.00. The summed E-state index contributed by atoms with van der Waals surface area (Å²) >= 11 is 0. The summed E-state index contributed by atoms with van der Waals surface area (Å²) in [5.41, 5.74) is 5.18. The summed E-state index contributed by atoms with van der Waals surface area (Å²) in [4.78, 5) is 21.0. The lowest BCUT2D eigenvalue weighted by atomic mass is 10.1. The Kier molecular flexibility index (Phi) is 5.15. The first-order chi connectivity index (χ1) is 8.00. The molecule has 1 rings (SSSR count). The van der Waals surface area contributed by atoms with E-state index in [1.54, 1.807) is 0 Å². The molecule has 0 aliphatic heterocycles. The number of hydrogen-bond acceptors (Lipinski definition) is 3. The number of rotatable bonds is 2. The third kappa shape index (κ3) is 7.09. The number of anilines is 1. The Balaban J connectivity index is 0.000000494. The smallest absolute Gasteiger partial charge is 0.478 e. The second-order valence-corrected chi connectivity index (χ2v) is 2.95. The monoisotopic (exact) mass is 268 g/mol. The Hall–Kier alpha value is -2.26. The summed E-state index contributed by atoms with van der Waals surface area (Å²) in [6.45, 7) is 0. The number of aromatic carboxylic acids is 2. The van der Waals surface area contributed by atoms with Gasteiger partial charge in [-0.25, -0.2) is 9.59 Å². The quantitative estimate of drug-likeness (QED) is 0.432. The fraction of sp³-hybridized carbons (Fsp3) is 0. The van der Waals surface area contributed by atoms with E-state index in [0.29, 0.717) is 0 Å². The minimum absolute atomic E-state index is 0.123. The van der Waals surface area contributed by atoms with Crippen LogP contribution in [0.3, 0.4) is 0 Å². The van der Waals surface area contributed by atoms with Gasteiger partial charge in [0.05, 0.1) is 11.1 Å². The maximum Gasteiger partial charge on any atom is 0.673 e. The second-order valence-electron chi connectivity index (χ2n) is 2.95. The van der Waals surface area contributed by atoms with Gasteiger partial charge in [-0.15, -0.1) is 0 Å². The van der Waals surface area contributed by atoms with Crippen LogP contribution in [0.5, 0.6) is 0 Å². The Bertz CT molecular complexity index is 425. The predicted molar refractivity (Wildman–Crippen MR) is 55.0 cm³/mol. The van der Waals surface area contributed by atoms with E-state index in [2.05, 4.69) is 0 Å². The molecule has 10 heteroatoms. The highest BCUT2D eigenvalue weighted by molar-refractivity contribution is 6.50. The second kappa shape index (κ2) is 5.89. The van der Waals surface area contributed by atoms with Crippen molar-refractivity contribution in [3.8, 4) is 0 Å². The first kappa shape index (κ1) is 15.7. The third-order valence-corrected chi connectivity index (χ3v) is 1.45. The lowest BCUT2D eigenvalue weighted by Gasteiger charge is -1.99. The van der Waals surface area contributed by atoms with Crippen LogP contribution in [-0.2, 0) is 0 Å². The minimum Gasteiger partial charge on any atom is -0.478 e. The van der Waals surface area contributed by atoms with Crippen molar-refractivity contribution in [2.24, 2.45) is 0 Å². The molecule has 0 aliphatic rings. The van der Waals surface area contributed by atoms with Crippen LogP contribution in [0.15, 0.2) is 18.2 Å². The largest absolute Gasteiger partial charge is 0.673 e. The first-order valence-electron chi connectivity index (χ1n) is 4.25. The average Bonchev–Trinajstić information content (AvgIpc) is 2.13. The summed E-state index contributed by atoms with van der Waals surface area (Å²) in [7, 11) is -6.00. The lowest BCUT2D eigenvalue weighted by molar-refractivity contribution is 0.0696. The van der Waals surface area contributed by atoms with Crippen LogP contribution in [0, 0.1) is 0 Å². The van der Waals surface area contributed by atoms with Crippen LogP contribution in [0.2, 0.25) is 0 Å². The van der Waals surface area contributed by atoms with E-state index in [4.69, 9.17) is 15.9 Å². The Morgan fingerprint density at radius 1 is 0.944 bits per heavy atom. The molecular formula is C8H7BF4NO4-. The molecule has 0 saturated carbocycles.